The number of halogens is 1. The van der Waals surface area contributed by atoms with E-state index in [9.17, 15) is 0 Å². The van der Waals surface area contributed by atoms with Gasteiger partial charge in [-0.3, -0.25) is 14.9 Å². The van der Waals surface area contributed by atoms with Gasteiger partial charge < -0.3 is 0 Å². The number of benzene rings is 1. The van der Waals surface area contributed by atoms with Crippen LogP contribution in [0.3, 0.4) is 0 Å². The molecular formula is C16H18ClN3. The molecule has 2 heterocycles. The zero-order valence-electron chi connectivity index (χ0n) is 11.6. The van der Waals surface area contributed by atoms with Crippen LogP contribution in [0, 0.1) is 6.92 Å². The number of nitrogens with zero attached hydrogens (tertiary/aromatic N) is 3. The summed E-state index contributed by atoms with van der Waals surface area (Å²) in [6.45, 7) is 5.01. The van der Waals surface area contributed by atoms with E-state index in [0.29, 0.717) is 5.92 Å². The van der Waals surface area contributed by atoms with Crippen molar-refractivity contribution in [2.24, 2.45) is 0 Å². The van der Waals surface area contributed by atoms with Crippen LogP contribution in [0.5, 0.6) is 0 Å². The third-order valence-corrected chi connectivity index (χ3v) is 4.05. The first-order valence-electron chi connectivity index (χ1n) is 6.96. The van der Waals surface area contributed by atoms with Crippen molar-refractivity contribution in [2.45, 2.75) is 25.8 Å². The lowest BCUT2D eigenvalue weighted by Gasteiger charge is -2.15. The lowest BCUT2D eigenvalue weighted by molar-refractivity contribution is 0.322. The molecule has 3 nitrogen and oxygen atoms in total. The predicted octanol–water partition coefficient (Wildman–Crippen LogP) is 3.43. The minimum atomic E-state index is 0.576. The van der Waals surface area contributed by atoms with Crippen LogP contribution in [-0.4, -0.2) is 28.0 Å². The lowest BCUT2D eigenvalue weighted by atomic mass is 9.99. The Morgan fingerprint density at radius 1 is 1.30 bits per heavy atom. The fourth-order valence-corrected chi connectivity index (χ4v) is 2.94. The molecule has 0 bridgehead atoms. The van der Waals surface area contributed by atoms with Crippen molar-refractivity contribution in [1.29, 1.82) is 0 Å². The van der Waals surface area contributed by atoms with Crippen LogP contribution in [0.4, 0.5) is 0 Å². The van der Waals surface area contributed by atoms with Crippen LogP contribution in [0.15, 0.2) is 36.7 Å². The van der Waals surface area contributed by atoms with Gasteiger partial charge in [-0.25, -0.2) is 0 Å². The highest BCUT2D eigenvalue weighted by Crippen LogP contribution is 2.29. The Kier molecular flexibility index (Phi) is 3.99. The Morgan fingerprint density at radius 3 is 2.95 bits per heavy atom. The van der Waals surface area contributed by atoms with Crippen molar-refractivity contribution in [3.05, 3.63) is 58.6 Å². The van der Waals surface area contributed by atoms with Crippen LogP contribution in [0.2, 0.25) is 5.02 Å². The normalized spacial score (nSPS) is 19.4. The maximum Gasteiger partial charge on any atom is 0.0727 e. The van der Waals surface area contributed by atoms with Gasteiger partial charge in [0.25, 0.3) is 0 Å². The van der Waals surface area contributed by atoms with Crippen molar-refractivity contribution < 1.29 is 0 Å². The maximum absolute atomic E-state index is 6.07. The highest BCUT2D eigenvalue weighted by atomic mass is 35.5. The summed E-state index contributed by atoms with van der Waals surface area (Å²) >= 11 is 6.07. The molecule has 0 radical (unpaired) electrons. The van der Waals surface area contributed by atoms with Crippen molar-refractivity contribution in [1.82, 2.24) is 14.9 Å². The van der Waals surface area contributed by atoms with Gasteiger partial charge in [0.05, 0.1) is 11.4 Å². The van der Waals surface area contributed by atoms with Crippen LogP contribution in [0.1, 0.15) is 29.3 Å². The largest absolute Gasteiger partial charge is 0.297 e. The van der Waals surface area contributed by atoms with Gasteiger partial charge in [-0.1, -0.05) is 23.7 Å². The zero-order valence-corrected chi connectivity index (χ0v) is 12.3. The molecule has 0 spiro atoms. The highest BCUT2D eigenvalue weighted by Gasteiger charge is 2.24. The smallest absolute Gasteiger partial charge is 0.0727 e. The second-order valence-electron chi connectivity index (χ2n) is 5.42. The third kappa shape index (κ3) is 3.17. The molecule has 20 heavy (non-hydrogen) atoms. The third-order valence-electron chi connectivity index (χ3n) is 3.81. The molecule has 2 aromatic rings. The second-order valence-corrected chi connectivity index (χ2v) is 5.86. The van der Waals surface area contributed by atoms with Crippen molar-refractivity contribution in [3.8, 4) is 0 Å². The van der Waals surface area contributed by atoms with E-state index in [1.807, 2.05) is 31.5 Å². The fraction of sp³-hybridized carbons (Fsp3) is 0.375. The maximum atomic E-state index is 6.07. The standard InChI is InChI=1S/C16H18ClN3/c1-12-8-19-16(9-18-12)11-20-6-5-14(10-20)13-3-2-4-15(17)7-13/h2-4,7-9,14H,5-6,10-11H2,1H3. The number of hydrogen-bond acceptors (Lipinski definition) is 3. The van der Waals surface area contributed by atoms with Gasteiger partial charge in [0.2, 0.25) is 0 Å². The average Bonchev–Trinajstić information content (AvgIpc) is 2.90. The number of aromatic nitrogens is 2. The molecule has 0 N–H and O–H groups in total. The molecule has 0 aliphatic carbocycles. The summed E-state index contributed by atoms with van der Waals surface area (Å²) in [7, 11) is 0. The first-order chi connectivity index (χ1) is 9.70. The molecule has 3 rings (SSSR count). The van der Waals surface area contributed by atoms with Crippen molar-refractivity contribution >= 4 is 11.6 Å². The summed E-state index contributed by atoms with van der Waals surface area (Å²) in [6.07, 6.45) is 4.89. The minimum absolute atomic E-state index is 0.576. The molecule has 1 unspecified atom stereocenters. The fourth-order valence-electron chi connectivity index (χ4n) is 2.74. The van der Waals surface area contributed by atoms with Crippen LogP contribution < -0.4 is 0 Å². The van der Waals surface area contributed by atoms with E-state index in [1.54, 1.807) is 0 Å². The van der Waals surface area contributed by atoms with E-state index < -0.39 is 0 Å². The number of aryl methyl sites for hydroxylation is 1. The molecule has 1 aliphatic rings. The van der Waals surface area contributed by atoms with E-state index in [2.05, 4.69) is 27.0 Å². The molecule has 1 aromatic carbocycles. The van der Waals surface area contributed by atoms with Crippen molar-refractivity contribution in [3.63, 3.8) is 0 Å². The first-order valence-corrected chi connectivity index (χ1v) is 7.34. The number of rotatable bonds is 3. The monoisotopic (exact) mass is 287 g/mol. The first kappa shape index (κ1) is 13.5. The summed E-state index contributed by atoms with van der Waals surface area (Å²) in [6, 6.07) is 8.22. The summed E-state index contributed by atoms with van der Waals surface area (Å²) < 4.78 is 0. The average molecular weight is 288 g/mol. The predicted molar refractivity (Wildman–Crippen MR) is 80.9 cm³/mol. The van der Waals surface area contributed by atoms with Gasteiger partial charge >= 0.3 is 0 Å². The minimum Gasteiger partial charge on any atom is -0.297 e. The van der Waals surface area contributed by atoms with Gasteiger partial charge in [-0.2, -0.15) is 0 Å². The lowest BCUT2D eigenvalue weighted by Crippen LogP contribution is -2.20. The van der Waals surface area contributed by atoms with Crippen LogP contribution in [-0.2, 0) is 6.54 Å². The second kappa shape index (κ2) is 5.90. The molecule has 0 amide bonds. The van der Waals surface area contributed by atoms with E-state index in [0.717, 1.165) is 36.0 Å². The summed E-state index contributed by atoms with van der Waals surface area (Å²) in [5.74, 6) is 0.576. The van der Waals surface area contributed by atoms with Gasteiger partial charge in [-0.15, -0.1) is 0 Å². The number of hydrogen-bond donors (Lipinski definition) is 0. The van der Waals surface area contributed by atoms with Gasteiger partial charge in [0.1, 0.15) is 0 Å². The molecule has 104 valence electrons. The quantitative estimate of drug-likeness (QED) is 0.866. The summed E-state index contributed by atoms with van der Waals surface area (Å²) in [5, 5.41) is 0.824. The van der Waals surface area contributed by atoms with E-state index >= 15 is 0 Å². The Hall–Kier alpha value is -1.45. The van der Waals surface area contributed by atoms with Crippen LogP contribution >= 0.6 is 11.6 Å². The Labute approximate surface area is 124 Å². The van der Waals surface area contributed by atoms with Crippen molar-refractivity contribution in [2.75, 3.05) is 13.1 Å². The van der Waals surface area contributed by atoms with E-state index in [1.165, 1.54) is 12.0 Å². The molecule has 0 saturated carbocycles. The molecule has 4 heteroatoms. The van der Waals surface area contributed by atoms with Gasteiger partial charge in [0, 0.05) is 30.5 Å². The molecular weight excluding hydrogens is 270 g/mol. The van der Waals surface area contributed by atoms with E-state index in [4.69, 9.17) is 11.6 Å². The highest BCUT2D eigenvalue weighted by molar-refractivity contribution is 6.30. The Morgan fingerprint density at radius 2 is 2.20 bits per heavy atom. The summed E-state index contributed by atoms with van der Waals surface area (Å²) in [4.78, 5) is 11.2. The van der Waals surface area contributed by atoms with Crippen LogP contribution in [0.25, 0.3) is 0 Å². The van der Waals surface area contributed by atoms with Gasteiger partial charge in [-0.05, 0) is 43.5 Å². The molecule has 1 fully saturated rings. The molecule has 1 aliphatic heterocycles. The molecule has 1 atom stereocenters. The molecule has 1 saturated heterocycles. The SMILES string of the molecule is Cc1cnc(CN2CCC(c3cccc(Cl)c3)C2)cn1. The topological polar surface area (TPSA) is 29.0 Å². The molecule has 1 aromatic heterocycles. The Bertz CT molecular complexity index is 583. The number of likely N-dealkylation sites (tertiary alicyclic amines) is 1. The van der Waals surface area contributed by atoms with Gasteiger partial charge in [0.15, 0.2) is 0 Å². The van der Waals surface area contributed by atoms with E-state index in [-0.39, 0.29) is 0 Å². The Balaban J connectivity index is 1.63. The zero-order chi connectivity index (χ0) is 13.9. The summed E-state index contributed by atoms with van der Waals surface area (Å²) in [5.41, 5.74) is 3.35.